The lowest BCUT2D eigenvalue weighted by Gasteiger charge is -1.99. The van der Waals surface area contributed by atoms with Crippen LogP contribution in [0, 0.1) is 0 Å². The molecule has 1 N–H and O–H groups in total. The Hall–Kier alpha value is -1.04. The zero-order valence-electron chi connectivity index (χ0n) is 7.88. The average molecular weight is 272 g/mol. The molecule has 0 bridgehead atoms. The molecule has 0 radical (unpaired) electrons. The highest BCUT2D eigenvalue weighted by Crippen LogP contribution is 2.31. The Morgan fingerprint density at radius 1 is 1.50 bits per heavy atom. The van der Waals surface area contributed by atoms with E-state index in [4.69, 9.17) is 16.7 Å². The van der Waals surface area contributed by atoms with Crippen LogP contribution in [0.2, 0.25) is 5.15 Å². The highest BCUT2D eigenvalue weighted by molar-refractivity contribution is 8.01. The molecule has 0 atom stereocenters. The molecule has 6 heteroatoms. The van der Waals surface area contributed by atoms with Crippen molar-refractivity contribution in [3.8, 4) is 0 Å². The van der Waals surface area contributed by atoms with Crippen LogP contribution in [0.15, 0.2) is 38.9 Å². The molecule has 0 unspecified atom stereocenters. The summed E-state index contributed by atoms with van der Waals surface area (Å²) >= 11 is 8.53. The third-order valence-electron chi connectivity index (χ3n) is 1.74. The molecule has 1 aromatic carbocycles. The number of benzene rings is 1. The monoisotopic (exact) mass is 271 g/mol. The normalized spacial score (nSPS) is 10.3. The van der Waals surface area contributed by atoms with E-state index in [1.165, 1.54) is 23.1 Å². The Morgan fingerprint density at radius 3 is 2.94 bits per heavy atom. The van der Waals surface area contributed by atoms with Crippen molar-refractivity contribution in [1.29, 1.82) is 0 Å². The Kier molecular flexibility index (Phi) is 3.48. The SMILES string of the molecule is O=C(O)c1cccc(Sc2nc(Cl)cs2)c1. The average Bonchev–Trinajstić information content (AvgIpc) is 2.64. The molecule has 16 heavy (non-hydrogen) atoms. The second kappa shape index (κ2) is 4.86. The molecule has 0 amide bonds. The minimum Gasteiger partial charge on any atom is -0.478 e. The Balaban J connectivity index is 2.21. The number of aromatic nitrogens is 1. The smallest absolute Gasteiger partial charge is 0.335 e. The van der Waals surface area contributed by atoms with Gasteiger partial charge in [0.25, 0.3) is 0 Å². The van der Waals surface area contributed by atoms with Gasteiger partial charge in [-0.15, -0.1) is 11.3 Å². The Morgan fingerprint density at radius 2 is 2.31 bits per heavy atom. The summed E-state index contributed by atoms with van der Waals surface area (Å²) < 4.78 is 0.799. The van der Waals surface area contributed by atoms with Gasteiger partial charge in [-0.25, -0.2) is 9.78 Å². The number of carboxylic acids is 1. The van der Waals surface area contributed by atoms with Gasteiger partial charge in [0.2, 0.25) is 0 Å². The van der Waals surface area contributed by atoms with Gasteiger partial charge < -0.3 is 5.11 Å². The van der Waals surface area contributed by atoms with Gasteiger partial charge in [0.1, 0.15) is 5.15 Å². The van der Waals surface area contributed by atoms with Gasteiger partial charge in [-0.3, -0.25) is 0 Å². The zero-order valence-corrected chi connectivity index (χ0v) is 10.3. The molecule has 1 aromatic heterocycles. The van der Waals surface area contributed by atoms with Crippen LogP contribution < -0.4 is 0 Å². The van der Waals surface area contributed by atoms with E-state index >= 15 is 0 Å². The van der Waals surface area contributed by atoms with Crippen LogP contribution in [-0.4, -0.2) is 16.1 Å². The number of aromatic carboxylic acids is 1. The predicted molar refractivity (Wildman–Crippen MR) is 64.6 cm³/mol. The van der Waals surface area contributed by atoms with Crippen molar-refractivity contribution in [3.63, 3.8) is 0 Å². The van der Waals surface area contributed by atoms with E-state index in [1.54, 1.807) is 23.6 Å². The third-order valence-corrected chi connectivity index (χ3v) is 3.99. The van der Waals surface area contributed by atoms with Gasteiger partial charge in [-0.1, -0.05) is 29.4 Å². The summed E-state index contributed by atoms with van der Waals surface area (Å²) in [5.74, 6) is -0.931. The van der Waals surface area contributed by atoms with E-state index in [0.29, 0.717) is 5.15 Å². The maximum Gasteiger partial charge on any atom is 0.335 e. The lowest BCUT2D eigenvalue weighted by atomic mass is 10.2. The molecule has 82 valence electrons. The molecule has 0 aliphatic rings. The minimum absolute atomic E-state index is 0.271. The zero-order chi connectivity index (χ0) is 11.5. The van der Waals surface area contributed by atoms with Crippen molar-refractivity contribution in [3.05, 3.63) is 40.4 Å². The quantitative estimate of drug-likeness (QED) is 0.926. The fourth-order valence-corrected chi connectivity index (χ4v) is 3.10. The highest BCUT2D eigenvalue weighted by atomic mass is 35.5. The molecule has 0 aliphatic carbocycles. The predicted octanol–water partition coefficient (Wildman–Crippen LogP) is 3.65. The number of hydrogen-bond donors (Lipinski definition) is 1. The highest BCUT2D eigenvalue weighted by Gasteiger charge is 2.06. The van der Waals surface area contributed by atoms with Crippen molar-refractivity contribution in [2.45, 2.75) is 9.24 Å². The molecule has 0 spiro atoms. The van der Waals surface area contributed by atoms with E-state index < -0.39 is 5.97 Å². The minimum atomic E-state index is -0.931. The fourth-order valence-electron chi connectivity index (χ4n) is 1.08. The Labute approximate surface area is 105 Å². The molecule has 3 nitrogen and oxygen atoms in total. The first-order valence-corrected chi connectivity index (χ1v) is 6.35. The van der Waals surface area contributed by atoms with Crippen LogP contribution in [0.25, 0.3) is 0 Å². The van der Waals surface area contributed by atoms with E-state index in [-0.39, 0.29) is 5.56 Å². The van der Waals surface area contributed by atoms with Crippen LogP contribution in [-0.2, 0) is 0 Å². The molecule has 0 aliphatic heterocycles. The van der Waals surface area contributed by atoms with Crippen molar-refractivity contribution in [1.82, 2.24) is 4.98 Å². The van der Waals surface area contributed by atoms with Crippen LogP contribution in [0.1, 0.15) is 10.4 Å². The van der Waals surface area contributed by atoms with Crippen molar-refractivity contribution in [2.24, 2.45) is 0 Å². The summed E-state index contributed by atoms with van der Waals surface area (Å²) in [6.45, 7) is 0. The van der Waals surface area contributed by atoms with E-state index in [9.17, 15) is 4.79 Å². The largest absolute Gasteiger partial charge is 0.478 e. The first-order chi connectivity index (χ1) is 7.65. The van der Waals surface area contributed by atoms with Crippen LogP contribution in [0.4, 0.5) is 0 Å². The van der Waals surface area contributed by atoms with Gasteiger partial charge in [-0.05, 0) is 18.2 Å². The number of hydrogen-bond acceptors (Lipinski definition) is 4. The number of rotatable bonds is 3. The lowest BCUT2D eigenvalue weighted by Crippen LogP contribution is -1.95. The van der Waals surface area contributed by atoms with Crippen molar-refractivity contribution in [2.75, 3.05) is 0 Å². The summed E-state index contributed by atoms with van der Waals surface area (Å²) in [6.07, 6.45) is 0. The van der Waals surface area contributed by atoms with E-state index in [2.05, 4.69) is 4.98 Å². The number of halogens is 1. The molecule has 0 saturated carbocycles. The van der Waals surface area contributed by atoms with E-state index in [0.717, 1.165) is 9.24 Å². The summed E-state index contributed by atoms with van der Waals surface area (Å²) in [6, 6.07) is 6.72. The number of carbonyl (C=O) groups is 1. The van der Waals surface area contributed by atoms with Crippen LogP contribution in [0.5, 0.6) is 0 Å². The maximum atomic E-state index is 10.8. The second-order valence-electron chi connectivity index (χ2n) is 2.87. The molecule has 2 aromatic rings. The lowest BCUT2D eigenvalue weighted by molar-refractivity contribution is 0.0696. The summed E-state index contributed by atoms with van der Waals surface area (Å²) in [5, 5.41) is 11.0. The molecular formula is C10H6ClNO2S2. The summed E-state index contributed by atoms with van der Waals surface area (Å²) in [5.41, 5.74) is 0.271. The molecule has 0 fully saturated rings. The van der Waals surface area contributed by atoms with Crippen molar-refractivity contribution >= 4 is 40.7 Å². The van der Waals surface area contributed by atoms with Crippen LogP contribution in [0.3, 0.4) is 0 Å². The van der Waals surface area contributed by atoms with Crippen LogP contribution >= 0.6 is 34.7 Å². The maximum absolute atomic E-state index is 10.8. The number of carboxylic acid groups (broad SMARTS) is 1. The van der Waals surface area contributed by atoms with Gasteiger partial charge in [0, 0.05) is 10.3 Å². The third kappa shape index (κ3) is 2.75. The summed E-state index contributed by atoms with van der Waals surface area (Å²) in [7, 11) is 0. The number of thiazole rings is 1. The fraction of sp³-hybridized carbons (Fsp3) is 0. The van der Waals surface area contributed by atoms with Crippen molar-refractivity contribution < 1.29 is 9.90 Å². The Bertz CT molecular complexity index is 527. The number of nitrogens with zero attached hydrogens (tertiary/aromatic N) is 1. The van der Waals surface area contributed by atoms with Gasteiger partial charge in [0.05, 0.1) is 5.56 Å². The molecule has 1 heterocycles. The first-order valence-electron chi connectivity index (χ1n) is 4.27. The standard InChI is InChI=1S/C10H6ClNO2S2/c11-8-5-15-10(12-8)16-7-3-1-2-6(4-7)9(13)14/h1-5H,(H,13,14). The first kappa shape index (κ1) is 11.4. The van der Waals surface area contributed by atoms with Gasteiger partial charge >= 0.3 is 5.97 Å². The molecule has 0 saturated heterocycles. The van der Waals surface area contributed by atoms with Gasteiger partial charge in [-0.2, -0.15) is 0 Å². The van der Waals surface area contributed by atoms with E-state index in [1.807, 2.05) is 6.07 Å². The van der Waals surface area contributed by atoms with Gasteiger partial charge in [0.15, 0.2) is 4.34 Å². The molecule has 2 rings (SSSR count). The topological polar surface area (TPSA) is 50.2 Å². The summed E-state index contributed by atoms with van der Waals surface area (Å²) in [4.78, 5) is 15.7. The molecular weight excluding hydrogens is 266 g/mol. The second-order valence-corrected chi connectivity index (χ2v) is 5.44.